The minimum absolute atomic E-state index is 0.0407. The number of rotatable bonds is 9. The number of thioether (sulfide) groups is 1. The second-order valence-electron chi connectivity index (χ2n) is 8.00. The van der Waals surface area contributed by atoms with Crippen LogP contribution in [0.5, 0.6) is 11.5 Å². The number of carbonyl (C=O) groups is 2. The fraction of sp³-hybridized carbons (Fsp3) is 0.440. The largest absolute Gasteiger partial charge is 0.497 e. The zero-order valence-corrected chi connectivity index (χ0v) is 19.9. The third-order valence-electron chi connectivity index (χ3n) is 5.69. The van der Waals surface area contributed by atoms with Crippen molar-refractivity contribution in [2.45, 2.75) is 25.5 Å². The van der Waals surface area contributed by atoms with Crippen molar-refractivity contribution in [3.8, 4) is 11.5 Å². The van der Waals surface area contributed by atoms with E-state index in [1.165, 1.54) is 11.1 Å². The Balaban J connectivity index is 1.39. The number of nitrogens with zero attached hydrogens (tertiary/aromatic N) is 1. The van der Waals surface area contributed by atoms with Crippen LogP contribution in [0.1, 0.15) is 34.3 Å². The molecule has 7 heteroatoms. The lowest BCUT2D eigenvalue weighted by atomic mass is 9.95. The zero-order chi connectivity index (χ0) is 22.9. The average molecular weight is 457 g/mol. The molecule has 2 amide bonds. The SMILES string of the molecule is COc1cc(OC)cc(C(=O)N2CCC(C(=O)NCCSCc3ccc(C)cc3)CC2)c1. The predicted molar refractivity (Wildman–Crippen MR) is 129 cm³/mol. The highest BCUT2D eigenvalue weighted by Gasteiger charge is 2.28. The van der Waals surface area contributed by atoms with Gasteiger partial charge < -0.3 is 19.7 Å². The second-order valence-corrected chi connectivity index (χ2v) is 9.10. The first-order valence-corrected chi connectivity index (χ1v) is 12.1. The number of hydrogen-bond acceptors (Lipinski definition) is 5. The van der Waals surface area contributed by atoms with E-state index >= 15 is 0 Å². The standard InChI is InChI=1S/C25H32N2O4S/c1-18-4-6-19(7-5-18)17-32-13-10-26-24(28)20-8-11-27(12-9-20)25(29)21-14-22(30-2)16-23(15-21)31-3/h4-7,14-16,20H,8-13,17H2,1-3H3,(H,26,28). The van der Waals surface area contributed by atoms with Crippen LogP contribution in [0.3, 0.4) is 0 Å². The molecule has 0 aliphatic carbocycles. The van der Waals surface area contributed by atoms with Gasteiger partial charge in [-0.15, -0.1) is 0 Å². The van der Waals surface area contributed by atoms with Gasteiger partial charge in [0.2, 0.25) is 5.91 Å². The van der Waals surface area contributed by atoms with Gasteiger partial charge in [-0.1, -0.05) is 29.8 Å². The van der Waals surface area contributed by atoms with Crippen molar-refractivity contribution in [1.82, 2.24) is 10.2 Å². The summed E-state index contributed by atoms with van der Waals surface area (Å²) in [6.07, 6.45) is 1.35. The van der Waals surface area contributed by atoms with E-state index < -0.39 is 0 Å². The van der Waals surface area contributed by atoms with Crippen LogP contribution in [-0.4, -0.2) is 56.3 Å². The monoisotopic (exact) mass is 456 g/mol. The number of likely N-dealkylation sites (tertiary alicyclic amines) is 1. The molecule has 0 aromatic heterocycles. The maximum absolute atomic E-state index is 12.9. The number of piperidine rings is 1. The van der Waals surface area contributed by atoms with Gasteiger partial charge in [-0.05, 0) is 37.5 Å². The van der Waals surface area contributed by atoms with Gasteiger partial charge in [-0.2, -0.15) is 11.8 Å². The molecule has 1 fully saturated rings. The summed E-state index contributed by atoms with van der Waals surface area (Å²) in [5, 5.41) is 3.06. The number of amides is 2. The van der Waals surface area contributed by atoms with E-state index in [1.807, 2.05) is 11.8 Å². The number of carbonyl (C=O) groups excluding carboxylic acids is 2. The number of methoxy groups -OCH3 is 2. The van der Waals surface area contributed by atoms with Crippen LogP contribution in [0.25, 0.3) is 0 Å². The molecular formula is C25H32N2O4S. The van der Waals surface area contributed by atoms with Crippen LogP contribution in [0.2, 0.25) is 0 Å². The topological polar surface area (TPSA) is 67.9 Å². The summed E-state index contributed by atoms with van der Waals surface area (Å²) in [7, 11) is 3.13. The molecule has 0 atom stereocenters. The maximum atomic E-state index is 12.9. The number of aryl methyl sites for hydroxylation is 1. The molecule has 3 rings (SSSR count). The van der Waals surface area contributed by atoms with Gasteiger partial charge in [0, 0.05) is 48.7 Å². The van der Waals surface area contributed by atoms with Crippen LogP contribution in [0.15, 0.2) is 42.5 Å². The third kappa shape index (κ3) is 6.66. The van der Waals surface area contributed by atoms with Gasteiger partial charge in [0.15, 0.2) is 0 Å². The Bertz CT molecular complexity index is 886. The highest BCUT2D eigenvalue weighted by molar-refractivity contribution is 7.98. The van der Waals surface area contributed by atoms with Crippen LogP contribution in [0, 0.1) is 12.8 Å². The molecular weight excluding hydrogens is 424 g/mol. The number of ether oxygens (including phenoxy) is 2. The molecule has 0 saturated carbocycles. The molecule has 0 bridgehead atoms. The summed E-state index contributed by atoms with van der Waals surface area (Å²) in [6.45, 7) is 3.89. The summed E-state index contributed by atoms with van der Waals surface area (Å²) in [4.78, 5) is 27.2. The van der Waals surface area contributed by atoms with Crippen molar-refractivity contribution >= 4 is 23.6 Å². The summed E-state index contributed by atoms with van der Waals surface area (Å²) < 4.78 is 10.5. The fourth-order valence-electron chi connectivity index (χ4n) is 3.72. The molecule has 1 aliphatic rings. The first-order valence-electron chi connectivity index (χ1n) is 10.9. The molecule has 32 heavy (non-hydrogen) atoms. The van der Waals surface area contributed by atoms with Gasteiger partial charge >= 0.3 is 0 Å². The summed E-state index contributed by atoms with van der Waals surface area (Å²) in [5.74, 6) is 3.00. The Morgan fingerprint density at radius 3 is 2.25 bits per heavy atom. The molecule has 1 heterocycles. The zero-order valence-electron chi connectivity index (χ0n) is 19.1. The van der Waals surface area contributed by atoms with E-state index in [0.717, 1.165) is 11.5 Å². The van der Waals surface area contributed by atoms with Crippen molar-refractivity contribution in [3.63, 3.8) is 0 Å². The normalized spacial score (nSPS) is 14.2. The molecule has 2 aromatic rings. The van der Waals surface area contributed by atoms with Crippen LogP contribution < -0.4 is 14.8 Å². The third-order valence-corrected chi connectivity index (χ3v) is 6.72. The molecule has 6 nitrogen and oxygen atoms in total. The van der Waals surface area contributed by atoms with E-state index in [9.17, 15) is 9.59 Å². The first-order chi connectivity index (χ1) is 15.5. The van der Waals surface area contributed by atoms with E-state index in [0.29, 0.717) is 49.5 Å². The average Bonchev–Trinajstić information content (AvgIpc) is 2.84. The van der Waals surface area contributed by atoms with Crippen molar-refractivity contribution in [1.29, 1.82) is 0 Å². The maximum Gasteiger partial charge on any atom is 0.254 e. The number of nitrogens with one attached hydrogen (secondary N) is 1. The second kappa shape index (κ2) is 11.8. The van der Waals surface area contributed by atoms with Crippen molar-refractivity contribution in [2.75, 3.05) is 39.6 Å². The molecule has 0 unspecified atom stereocenters. The van der Waals surface area contributed by atoms with Crippen molar-refractivity contribution in [2.24, 2.45) is 5.92 Å². The van der Waals surface area contributed by atoms with Gasteiger partial charge in [-0.3, -0.25) is 9.59 Å². The Morgan fingerprint density at radius 1 is 1.03 bits per heavy atom. The van der Waals surface area contributed by atoms with Crippen molar-refractivity contribution in [3.05, 3.63) is 59.2 Å². The number of benzene rings is 2. The van der Waals surface area contributed by atoms with E-state index in [-0.39, 0.29) is 17.7 Å². The molecule has 1 saturated heterocycles. The smallest absolute Gasteiger partial charge is 0.254 e. The van der Waals surface area contributed by atoms with E-state index in [1.54, 1.807) is 37.3 Å². The van der Waals surface area contributed by atoms with Gasteiger partial charge in [0.1, 0.15) is 11.5 Å². The minimum Gasteiger partial charge on any atom is -0.497 e. The van der Waals surface area contributed by atoms with Gasteiger partial charge in [-0.25, -0.2) is 0 Å². The predicted octanol–water partition coefficient (Wildman–Crippen LogP) is 3.91. The molecule has 172 valence electrons. The quantitative estimate of drug-likeness (QED) is 0.580. The highest BCUT2D eigenvalue weighted by Crippen LogP contribution is 2.25. The lowest BCUT2D eigenvalue weighted by Crippen LogP contribution is -2.43. The minimum atomic E-state index is -0.0615. The molecule has 0 radical (unpaired) electrons. The fourth-order valence-corrected chi connectivity index (χ4v) is 4.54. The molecule has 1 N–H and O–H groups in total. The van der Waals surface area contributed by atoms with E-state index in [4.69, 9.17) is 9.47 Å². The summed E-state index contributed by atoms with van der Waals surface area (Å²) in [6, 6.07) is 13.7. The lowest BCUT2D eigenvalue weighted by molar-refractivity contribution is -0.126. The molecule has 2 aromatic carbocycles. The Hall–Kier alpha value is -2.67. The lowest BCUT2D eigenvalue weighted by Gasteiger charge is -2.31. The number of hydrogen-bond donors (Lipinski definition) is 1. The Labute approximate surface area is 194 Å². The summed E-state index contributed by atoms with van der Waals surface area (Å²) >= 11 is 1.82. The molecule has 1 aliphatic heterocycles. The highest BCUT2D eigenvalue weighted by atomic mass is 32.2. The Morgan fingerprint density at radius 2 is 1.66 bits per heavy atom. The van der Waals surface area contributed by atoms with E-state index in [2.05, 4.69) is 36.5 Å². The van der Waals surface area contributed by atoms with Crippen molar-refractivity contribution < 1.29 is 19.1 Å². The summed E-state index contributed by atoms with van der Waals surface area (Å²) in [5.41, 5.74) is 3.11. The van der Waals surface area contributed by atoms with Gasteiger partial charge in [0.05, 0.1) is 14.2 Å². The molecule has 0 spiro atoms. The Kier molecular flexibility index (Phi) is 8.85. The van der Waals surface area contributed by atoms with Gasteiger partial charge in [0.25, 0.3) is 5.91 Å². The first kappa shape index (κ1) is 24.0. The van der Waals surface area contributed by atoms with Crippen LogP contribution in [-0.2, 0) is 10.5 Å². The van der Waals surface area contributed by atoms with Crippen LogP contribution >= 0.6 is 11.8 Å². The van der Waals surface area contributed by atoms with Crippen LogP contribution in [0.4, 0.5) is 0 Å².